The number of carbonyl (C=O) groups is 1. The minimum atomic E-state index is -0.472. The number of hydrogen-bond donors (Lipinski definition) is 1. The molecule has 0 aliphatic carbocycles. The number of para-hydroxylation sites is 2. The first-order valence-electron chi connectivity index (χ1n) is 5.99. The molecule has 0 amide bonds. The van der Waals surface area contributed by atoms with Crippen LogP contribution in [0.5, 0.6) is 5.75 Å². The van der Waals surface area contributed by atoms with Crippen LogP contribution in [-0.2, 0) is 4.74 Å². The van der Waals surface area contributed by atoms with E-state index in [-0.39, 0.29) is 5.97 Å². The molecule has 2 aromatic carbocycles. The molecule has 2 aromatic rings. The van der Waals surface area contributed by atoms with Crippen LogP contribution in [0.4, 0.5) is 5.69 Å². The van der Waals surface area contributed by atoms with E-state index >= 15 is 0 Å². The van der Waals surface area contributed by atoms with Gasteiger partial charge in [-0.25, -0.2) is 4.79 Å². The lowest BCUT2D eigenvalue weighted by molar-refractivity contribution is 0.0436. The van der Waals surface area contributed by atoms with Gasteiger partial charge in [-0.05, 0) is 18.2 Å². The Kier molecular flexibility index (Phi) is 2.83. The van der Waals surface area contributed by atoms with E-state index in [4.69, 9.17) is 9.47 Å². The molecule has 19 heavy (non-hydrogen) atoms. The highest BCUT2D eigenvalue weighted by Crippen LogP contribution is 2.34. The molecule has 1 heterocycles. The van der Waals surface area contributed by atoms with Crippen molar-refractivity contribution in [2.45, 2.75) is 6.23 Å². The van der Waals surface area contributed by atoms with Gasteiger partial charge in [0.1, 0.15) is 5.75 Å². The van der Waals surface area contributed by atoms with Gasteiger partial charge in [-0.1, -0.05) is 30.3 Å². The maximum atomic E-state index is 11.7. The lowest BCUT2D eigenvalue weighted by atomic mass is 10.1. The van der Waals surface area contributed by atoms with Gasteiger partial charge in [0.05, 0.1) is 18.4 Å². The van der Waals surface area contributed by atoms with Gasteiger partial charge >= 0.3 is 5.97 Å². The quantitative estimate of drug-likeness (QED) is 0.856. The zero-order chi connectivity index (χ0) is 13.2. The molecule has 0 unspecified atom stereocenters. The molecule has 1 aliphatic heterocycles. The van der Waals surface area contributed by atoms with Crippen molar-refractivity contribution in [3.63, 3.8) is 0 Å². The average Bonchev–Trinajstić information content (AvgIpc) is 2.77. The number of anilines is 1. The molecular weight excluding hydrogens is 242 g/mol. The standard InChI is InChI=1S/C15H13NO3/c1-18-13-9-5-4-8-12(13)16-14-10-6-2-3-7-11(10)15(17)19-14/h2-9,14,16H,1H3/t14-/m1/s1. The fraction of sp³-hybridized carbons (Fsp3) is 0.133. The fourth-order valence-corrected chi connectivity index (χ4v) is 2.16. The lowest BCUT2D eigenvalue weighted by Crippen LogP contribution is -2.10. The maximum absolute atomic E-state index is 11.7. The summed E-state index contributed by atoms with van der Waals surface area (Å²) in [5, 5.41) is 3.18. The van der Waals surface area contributed by atoms with Gasteiger partial charge in [0.25, 0.3) is 0 Å². The van der Waals surface area contributed by atoms with Crippen LogP contribution < -0.4 is 10.1 Å². The second kappa shape index (κ2) is 4.65. The van der Waals surface area contributed by atoms with Gasteiger partial charge in [-0.15, -0.1) is 0 Å². The van der Waals surface area contributed by atoms with E-state index in [9.17, 15) is 4.79 Å². The Bertz CT molecular complexity index is 624. The Morgan fingerprint density at radius 3 is 2.68 bits per heavy atom. The largest absolute Gasteiger partial charge is 0.495 e. The van der Waals surface area contributed by atoms with E-state index in [1.54, 1.807) is 13.2 Å². The van der Waals surface area contributed by atoms with Gasteiger partial charge in [-0.3, -0.25) is 0 Å². The Balaban J connectivity index is 1.91. The predicted octanol–water partition coefficient (Wildman–Crippen LogP) is 2.98. The Labute approximate surface area is 111 Å². The number of esters is 1. The molecule has 1 atom stereocenters. The summed E-state index contributed by atoms with van der Waals surface area (Å²) >= 11 is 0. The lowest BCUT2D eigenvalue weighted by Gasteiger charge is -2.16. The highest BCUT2D eigenvalue weighted by atomic mass is 16.6. The number of nitrogens with one attached hydrogen (secondary N) is 1. The summed E-state index contributed by atoms with van der Waals surface area (Å²) in [5.74, 6) is 0.408. The Hall–Kier alpha value is -2.49. The molecule has 4 nitrogen and oxygen atoms in total. The number of benzene rings is 2. The predicted molar refractivity (Wildman–Crippen MR) is 71.2 cm³/mol. The zero-order valence-electron chi connectivity index (χ0n) is 10.4. The molecule has 1 N–H and O–H groups in total. The van der Waals surface area contributed by atoms with E-state index in [2.05, 4.69) is 5.32 Å². The summed E-state index contributed by atoms with van der Waals surface area (Å²) in [4.78, 5) is 11.7. The highest BCUT2D eigenvalue weighted by Gasteiger charge is 2.30. The van der Waals surface area contributed by atoms with Crippen molar-refractivity contribution >= 4 is 11.7 Å². The van der Waals surface area contributed by atoms with E-state index < -0.39 is 6.23 Å². The molecule has 0 saturated heterocycles. The molecule has 96 valence electrons. The second-order valence-electron chi connectivity index (χ2n) is 4.22. The molecule has 0 fully saturated rings. The summed E-state index contributed by atoms with van der Waals surface area (Å²) in [5.41, 5.74) is 2.24. The molecule has 3 rings (SSSR count). The molecule has 0 aromatic heterocycles. The monoisotopic (exact) mass is 255 g/mol. The SMILES string of the molecule is COc1ccccc1N[C@@H]1OC(=O)c2ccccc21. The number of methoxy groups -OCH3 is 1. The van der Waals surface area contributed by atoms with Crippen LogP contribution in [0.3, 0.4) is 0 Å². The zero-order valence-corrected chi connectivity index (χ0v) is 10.4. The van der Waals surface area contributed by atoms with E-state index in [0.29, 0.717) is 11.3 Å². The van der Waals surface area contributed by atoms with Gasteiger partial charge in [0, 0.05) is 5.56 Å². The van der Waals surface area contributed by atoms with Crippen molar-refractivity contribution in [2.75, 3.05) is 12.4 Å². The van der Waals surface area contributed by atoms with Gasteiger partial charge in [0.2, 0.25) is 6.23 Å². The third-order valence-corrected chi connectivity index (χ3v) is 3.08. The first kappa shape index (κ1) is 11.6. The molecule has 0 saturated carbocycles. The average molecular weight is 255 g/mol. The summed E-state index contributed by atoms with van der Waals surface area (Å²) in [6, 6.07) is 14.9. The fourth-order valence-electron chi connectivity index (χ4n) is 2.16. The van der Waals surface area contributed by atoms with Gasteiger partial charge in [0.15, 0.2) is 0 Å². The molecule has 0 radical (unpaired) electrons. The Morgan fingerprint density at radius 2 is 1.84 bits per heavy atom. The van der Waals surface area contributed by atoms with Crippen LogP contribution in [0, 0.1) is 0 Å². The highest BCUT2D eigenvalue weighted by molar-refractivity contribution is 5.94. The number of fused-ring (bicyclic) bond motifs is 1. The molecule has 0 spiro atoms. The van der Waals surface area contributed by atoms with Crippen LogP contribution in [0.15, 0.2) is 48.5 Å². The van der Waals surface area contributed by atoms with Crippen molar-refractivity contribution in [2.24, 2.45) is 0 Å². The number of rotatable bonds is 3. The maximum Gasteiger partial charge on any atom is 0.340 e. The second-order valence-corrected chi connectivity index (χ2v) is 4.22. The molecule has 4 heteroatoms. The van der Waals surface area contributed by atoms with Crippen LogP contribution in [0.2, 0.25) is 0 Å². The van der Waals surface area contributed by atoms with Crippen molar-refractivity contribution in [3.05, 3.63) is 59.7 Å². The van der Waals surface area contributed by atoms with Crippen LogP contribution in [0.1, 0.15) is 22.1 Å². The third-order valence-electron chi connectivity index (χ3n) is 3.08. The minimum Gasteiger partial charge on any atom is -0.495 e. The summed E-state index contributed by atoms with van der Waals surface area (Å²) in [6.45, 7) is 0. The minimum absolute atomic E-state index is 0.303. The normalized spacial score (nSPS) is 16.7. The first-order chi connectivity index (χ1) is 9.29. The smallest absolute Gasteiger partial charge is 0.340 e. The molecule has 1 aliphatic rings. The first-order valence-corrected chi connectivity index (χ1v) is 5.99. The van der Waals surface area contributed by atoms with Crippen molar-refractivity contribution < 1.29 is 14.3 Å². The van der Waals surface area contributed by atoms with Crippen molar-refractivity contribution in [1.29, 1.82) is 0 Å². The number of hydrogen-bond acceptors (Lipinski definition) is 4. The summed E-state index contributed by atoms with van der Waals surface area (Å²) in [7, 11) is 1.61. The van der Waals surface area contributed by atoms with Crippen LogP contribution in [0.25, 0.3) is 0 Å². The topological polar surface area (TPSA) is 47.6 Å². The van der Waals surface area contributed by atoms with Crippen LogP contribution >= 0.6 is 0 Å². The summed E-state index contributed by atoms with van der Waals surface area (Å²) in [6.07, 6.45) is -0.472. The van der Waals surface area contributed by atoms with Crippen molar-refractivity contribution in [3.8, 4) is 5.75 Å². The van der Waals surface area contributed by atoms with Crippen LogP contribution in [-0.4, -0.2) is 13.1 Å². The third kappa shape index (κ3) is 2.01. The number of carbonyl (C=O) groups excluding carboxylic acids is 1. The molecular formula is C15H13NO3. The van der Waals surface area contributed by atoms with Gasteiger partial charge < -0.3 is 14.8 Å². The van der Waals surface area contributed by atoms with E-state index in [1.807, 2.05) is 42.5 Å². The Morgan fingerprint density at radius 1 is 1.11 bits per heavy atom. The van der Waals surface area contributed by atoms with E-state index in [1.165, 1.54) is 0 Å². The summed E-state index contributed by atoms with van der Waals surface area (Å²) < 4.78 is 10.6. The van der Waals surface area contributed by atoms with E-state index in [0.717, 1.165) is 11.3 Å². The number of cyclic esters (lactones) is 1. The van der Waals surface area contributed by atoms with Gasteiger partial charge in [-0.2, -0.15) is 0 Å². The van der Waals surface area contributed by atoms with Crippen molar-refractivity contribution in [1.82, 2.24) is 0 Å². The molecule has 0 bridgehead atoms. The number of ether oxygens (including phenoxy) is 2.